The highest BCUT2D eigenvalue weighted by Gasteiger charge is 2.34. The van der Waals surface area contributed by atoms with Crippen LogP contribution in [0.25, 0.3) is 0 Å². The number of hydrogen-bond donors (Lipinski definition) is 2. The summed E-state index contributed by atoms with van der Waals surface area (Å²) >= 11 is 3.35. The number of carboxylic acid groups (broad SMARTS) is 1. The Hall–Kier alpha value is -0.870. The smallest absolute Gasteiger partial charge is 0.313 e. The summed E-state index contributed by atoms with van der Waals surface area (Å²) in [6.45, 7) is 2.25. The van der Waals surface area contributed by atoms with Crippen molar-refractivity contribution >= 4 is 21.9 Å². The lowest BCUT2D eigenvalue weighted by atomic mass is 9.78. The zero-order valence-corrected chi connectivity index (χ0v) is 10.8. The molecule has 1 rings (SSSR count). The maximum absolute atomic E-state index is 11.4. The quantitative estimate of drug-likeness (QED) is 0.874. The molecule has 0 spiro atoms. The van der Waals surface area contributed by atoms with Crippen molar-refractivity contribution in [2.75, 3.05) is 6.54 Å². The summed E-state index contributed by atoms with van der Waals surface area (Å²) in [4.78, 5) is 11.4. The van der Waals surface area contributed by atoms with Crippen LogP contribution in [0.15, 0.2) is 28.7 Å². The standard InChI is InChI=1S/C12H16BrNO2/c1-12(11(15)16,6-3-7-14)9-4-2-5-10(13)8-9/h2,4-5,8H,3,6-7,14H2,1H3,(H,15,16). The van der Waals surface area contributed by atoms with Gasteiger partial charge in [-0.15, -0.1) is 0 Å². The third kappa shape index (κ3) is 2.83. The fourth-order valence-corrected chi connectivity index (χ4v) is 2.06. The van der Waals surface area contributed by atoms with Crippen molar-refractivity contribution in [3.63, 3.8) is 0 Å². The normalized spacial score (nSPS) is 14.4. The molecule has 16 heavy (non-hydrogen) atoms. The molecular formula is C12H16BrNO2. The van der Waals surface area contributed by atoms with Gasteiger partial charge in [-0.3, -0.25) is 4.79 Å². The third-order valence-electron chi connectivity index (χ3n) is 2.81. The summed E-state index contributed by atoms with van der Waals surface area (Å²) in [5.41, 5.74) is 5.39. The predicted octanol–water partition coefficient (Wildman–Crippen LogP) is 2.53. The van der Waals surface area contributed by atoms with Gasteiger partial charge in [0, 0.05) is 4.47 Å². The molecule has 1 unspecified atom stereocenters. The van der Waals surface area contributed by atoms with Crippen molar-refractivity contribution in [1.29, 1.82) is 0 Å². The van der Waals surface area contributed by atoms with Gasteiger partial charge in [0.1, 0.15) is 0 Å². The SMILES string of the molecule is CC(CCCN)(C(=O)O)c1cccc(Br)c1. The van der Waals surface area contributed by atoms with Crippen LogP contribution in [0.4, 0.5) is 0 Å². The average molecular weight is 286 g/mol. The molecule has 0 aliphatic carbocycles. The molecule has 4 heteroatoms. The highest BCUT2D eigenvalue weighted by atomic mass is 79.9. The fourth-order valence-electron chi connectivity index (χ4n) is 1.66. The van der Waals surface area contributed by atoms with E-state index in [1.54, 1.807) is 6.92 Å². The van der Waals surface area contributed by atoms with E-state index in [1.165, 1.54) is 0 Å². The molecule has 0 radical (unpaired) electrons. The molecule has 88 valence electrons. The lowest BCUT2D eigenvalue weighted by molar-refractivity contribution is -0.143. The number of rotatable bonds is 5. The molecule has 0 heterocycles. The van der Waals surface area contributed by atoms with Crippen molar-refractivity contribution in [2.45, 2.75) is 25.2 Å². The van der Waals surface area contributed by atoms with Crippen molar-refractivity contribution in [3.8, 4) is 0 Å². The lowest BCUT2D eigenvalue weighted by Crippen LogP contribution is -2.33. The number of aliphatic carboxylic acids is 1. The molecule has 0 amide bonds. The van der Waals surface area contributed by atoms with E-state index in [1.807, 2.05) is 24.3 Å². The van der Waals surface area contributed by atoms with E-state index < -0.39 is 11.4 Å². The van der Waals surface area contributed by atoms with Gasteiger partial charge in [0.2, 0.25) is 0 Å². The number of nitrogens with two attached hydrogens (primary N) is 1. The zero-order chi connectivity index (χ0) is 12.2. The number of benzene rings is 1. The van der Waals surface area contributed by atoms with Gasteiger partial charge in [0.25, 0.3) is 0 Å². The highest BCUT2D eigenvalue weighted by molar-refractivity contribution is 9.10. The van der Waals surface area contributed by atoms with Crippen LogP contribution in [-0.4, -0.2) is 17.6 Å². The molecule has 0 aromatic heterocycles. The Morgan fingerprint density at radius 2 is 2.25 bits per heavy atom. The van der Waals surface area contributed by atoms with Crippen molar-refractivity contribution < 1.29 is 9.90 Å². The number of carbonyl (C=O) groups is 1. The Morgan fingerprint density at radius 1 is 1.56 bits per heavy atom. The predicted molar refractivity (Wildman–Crippen MR) is 67.4 cm³/mol. The Kier molecular flexibility index (Phi) is 4.50. The van der Waals surface area contributed by atoms with E-state index >= 15 is 0 Å². The van der Waals surface area contributed by atoms with Crippen LogP contribution in [-0.2, 0) is 10.2 Å². The van der Waals surface area contributed by atoms with E-state index in [4.69, 9.17) is 5.73 Å². The summed E-state index contributed by atoms with van der Waals surface area (Å²) in [6, 6.07) is 7.43. The Labute approximate surface area is 104 Å². The Bertz CT molecular complexity index is 381. The molecule has 3 N–H and O–H groups in total. The molecule has 1 aromatic rings. The van der Waals surface area contributed by atoms with Gasteiger partial charge in [-0.1, -0.05) is 28.1 Å². The first-order chi connectivity index (χ1) is 7.50. The molecule has 1 aromatic carbocycles. The first kappa shape index (κ1) is 13.2. The molecule has 0 saturated carbocycles. The van der Waals surface area contributed by atoms with Crippen LogP contribution >= 0.6 is 15.9 Å². The minimum Gasteiger partial charge on any atom is -0.481 e. The van der Waals surface area contributed by atoms with E-state index in [0.717, 1.165) is 10.0 Å². The van der Waals surface area contributed by atoms with Crippen LogP contribution in [0.2, 0.25) is 0 Å². The van der Waals surface area contributed by atoms with Gasteiger partial charge in [0.05, 0.1) is 5.41 Å². The van der Waals surface area contributed by atoms with Gasteiger partial charge in [-0.05, 0) is 44.0 Å². The maximum Gasteiger partial charge on any atom is 0.313 e. The van der Waals surface area contributed by atoms with Gasteiger partial charge in [0.15, 0.2) is 0 Å². The second kappa shape index (κ2) is 5.46. The summed E-state index contributed by atoms with van der Waals surface area (Å²) in [7, 11) is 0. The van der Waals surface area contributed by atoms with E-state index in [-0.39, 0.29) is 0 Å². The summed E-state index contributed by atoms with van der Waals surface area (Å²) in [5.74, 6) is -0.806. The monoisotopic (exact) mass is 285 g/mol. The van der Waals surface area contributed by atoms with Gasteiger partial charge in [-0.2, -0.15) is 0 Å². The molecule has 1 atom stereocenters. The van der Waals surface area contributed by atoms with Crippen LogP contribution in [0, 0.1) is 0 Å². The van der Waals surface area contributed by atoms with Crippen LogP contribution < -0.4 is 5.73 Å². The van der Waals surface area contributed by atoms with Crippen molar-refractivity contribution in [1.82, 2.24) is 0 Å². The van der Waals surface area contributed by atoms with E-state index in [0.29, 0.717) is 19.4 Å². The summed E-state index contributed by atoms with van der Waals surface area (Å²) in [6.07, 6.45) is 1.25. The minimum atomic E-state index is -0.858. The van der Waals surface area contributed by atoms with Crippen LogP contribution in [0.5, 0.6) is 0 Å². The highest BCUT2D eigenvalue weighted by Crippen LogP contribution is 2.30. The van der Waals surface area contributed by atoms with Gasteiger partial charge >= 0.3 is 5.97 Å². The third-order valence-corrected chi connectivity index (χ3v) is 3.31. The van der Waals surface area contributed by atoms with Gasteiger partial charge < -0.3 is 10.8 Å². The van der Waals surface area contributed by atoms with Crippen LogP contribution in [0.1, 0.15) is 25.3 Å². The Balaban J connectivity index is 3.06. The molecule has 0 saturated heterocycles. The van der Waals surface area contributed by atoms with Crippen LogP contribution in [0.3, 0.4) is 0 Å². The molecule has 0 fully saturated rings. The number of hydrogen-bond acceptors (Lipinski definition) is 2. The second-order valence-electron chi connectivity index (χ2n) is 4.04. The molecule has 3 nitrogen and oxygen atoms in total. The number of halogens is 1. The average Bonchev–Trinajstić information content (AvgIpc) is 2.25. The lowest BCUT2D eigenvalue weighted by Gasteiger charge is -2.25. The zero-order valence-electron chi connectivity index (χ0n) is 9.24. The molecule has 0 aliphatic heterocycles. The Morgan fingerprint density at radius 3 is 2.75 bits per heavy atom. The minimum absolute atomic E-state index is 0.511. The second-order valence-corrected chi connectivity index (χ2v) is 4.96. The van der Waals surface area contributed by atoms with E-state index in [9.17, 15) is 9.90 Å². The topological polar surface area (TPSA) is 63.3 Å². The fraction of sp³-hybridized carbons (Fsp3) is 0.417. The molecule has 0 aliphatic rings. The summed E-state index contributed by atoms with van der Waals surface area (Å²) in [5, 5.41) is 9.35. The number of carboxylic acids is 1. The van der Waals surface area contributed by atoms with Crippen molar-refractivity contribution in [3.05, 3.63) is 34.3 Å². The maximum atomic E-state index is 11.4. The van der Waals surface area contributed by atoms with E-state index in [2.05, 4.69) is 15.9 Å². The summed E-state index contributed by atoms with van der Waals surface area (Å²) < 4.78 is 0.894. The first-order valence-electron chi connectivity index (χ1n) is 5.20. The first-order valence-corrected chi connectivity index (χ1v) is 5.99. The molecular weight excluding hydrogens is 270 g/mol. The van der Waals surface area contributed by atoms with Gasteiger partial charge in [-0.25, -0.2) is 0 Å². The van der Waals surface area contributed by atoms with Crippen molar-refractivity contribution in [2.24, 2.45) is 5.73 Å². The largest absolute Gasteiger partial charge is 0.481 e. The molecule has 0 bridgehead atoms.